The fourth-order valence-electron chi connectivity index (χ4n) is 4.38. The summed E-state index contributed by atoms with van der Waals surface area (Å²) in [5.41, 5.74) is 2.90. The Hall–Kier alpha value is -1.35. The van der Waals surface area contributed by atoms with Gasteiger partial charge in [0.15, 0.2) is 0 Å². The van der Waals surface area contributed by atoms with E-state index >= 15 is 0 Å². The van der Waals surface area contributed by atoms with Gasteiger partial charge in [-0.15, -0.1) is 0 Å². The van der Waals surface area contributed by atoms with Crippen LogP contribution in [0.25, 0.3) is 0 Å². The second-order valence-electron chi connectivity index (χ2n) is 6.91. The molecule has 1 aromatic carbocycles. The molecule has 0 spiro atoms. The van der Waals surface area contributed by atoms with Gasteiger partial charge in [-0.25, -0.2) is 0 Å². The molecule has 1 heterocycles. The molecule has 21 heavy (non-hydrogen) atoms. The lowest BCUT2D eigenvalue weighted by molar-refractivity contribution is -0.122. The summed E-state index contributed by atoms with van der Waals surface area (Å²) in [7, 11) is 0. The van der Waals surface area contributed by atoms with Gasteiger partial charge in [0.1, 0.15) is 0 Å². The number of benzene rings is 1. The van der Waals surface area contributed by atoms with Crippen molar-refractivity contribution in [1.82, 2.24) is 10.6 Å². The van der Waals surface area contributed by atoms with E-state index in [-0.39, 0.29) is 5.92 Å². The molecule has 0 bridgehead atoms. The van der Waals surface area contributed by atoms with E-state index in [0.717, 1.165) is 26.1 Å². The van der Waals surface area contributed by atoms with Crippen molar-refractivity contribution in [3.05, 3.63) is 35.4 Å². The molecular weight excluding hydrogens is 260 g/mol. The Kier molecular flexibility index (Phi) is 3.46. The van der Waals surface area contributed by atoms with Crippen molar-refractivity contribution in [1.29, 1.82) is 0 Å². The van der Waals surface area contributed by atoms with Crippen LogP contribution in [0.15, 0.2) is 24.3 Å². The van der Waals surface area contributed by atoms with Crippen molar-refractivity contribution in [3.8, 4) is 0 Å². The molecular formula is C18H24N2O. The maximum atomic E-state index is 12.5. The van der Waals surface area contributed by atoms with Gasteiger partial charge in [-0.1, -0.05) is 24.3 Å². The van der Waals surface area contributed by atoms with Crippen LogP contribution in [0.3, 0.4) is 0 Å². The standard InChI is InChI=1S/C18H24N2O/c21-18(20-11-12-4-3-9-19-10-12)17-15-8-7-13-5-1-2-6-14(13)16(15)17/h1-2,5-6,12,15-17,19H,3-4,7-11H2,(H,20,21). The van der Waals surface area contributed by atoms with E-state index in [1.165, 1.54) is 30.4 Å². The highest BCUT2D eigenvalue weighted by molar-refractivity contribution is 5.84. The number of carbonyl (C=O) groups is 1. The average Bonchev–Trinajstić information content (AvgIpc) is 3.29. The maximum Gasteiger partial charge on any atom is 0.224 e. The zero-order chi connectivity index (χ0) is 14.2. The molecule has 4 rings (SSSR count). The molecule has 112 valence electrons. The molecule has 4 atom stereocenters. The average molecular weight is 284 g/mol. The van der Waals surface area contributed by atoms with Gasteiger partial charge < -0.3 is 10.6 Å². The number of fused-ring (bicyclic) bond motifs is 3. The quantitative estimate of drug-likeness (QED) is 0.892. The number of piperidine rings is 1. The predicted molar refractivity (Wildman–Crippen MR) is 83.1 cm³/mol. The Morgan fingerprint density at radius 2 is 2.19 bits per heavy atom. The summed E-state index contributed by atoms with van der Waals surface area (Å²) < 4.78 is 0. The van der Waals surface area contributed by atoms with E-state index in [2.05, 4.69) is 34.9 Å². The highest BCUT2D eigenvalue weighted by Crippen LogP contribution is 2.59. The SMILES string of the molecule is O=C(NCC1CCCNC1)C1C2CCc3ccccc3C21. The largest absolute Gasteiger partial charge is 0.356 e. The van der Waals surface area contributed by atoms with Crippen molar-refractivity contribution < 1.29 is 4.79 Å². The molecule has 1 saturated carbocycles. The molecule has 1 aliphatic heterocycles. The van der Waals surface area contributed by atoms with Crippen LogP contribution in [0.2, 0.25) is 0 Å². The lowest BCUT2D eigenvalue weighted by Crippen LogP contribution is -2.38. The third-order valence-corrected chi connectivity index (χ3v) is 5.60. The molecule has 1 amide bonds. The van der Waals surface area contributed by atoms with Crippen molar-refractivity contribution in [2.24, 2.45) is 17.8 Å². The molecule has 3 aliphatic rings. The summed E-state index contributed by atoms with van der Waals surface area (Å²) >= 11 is 0. The smallest absolute Gasteiger partial charge is 0.224 e. The predicted octanol–water partition coefficient (Wildman–Crippen LogP) is 2.08. The van der Waals surface area contributed by atoms with Gasteiger partial charge in [0.2, 0.25) is 5.91 Å². The lowest BCUT2D eigenvalue weighted by Gasteiger charge is -2.22. The zero-order valence-corrected chi connectivity index (χ0v) is 12.5. The Bertz CT molecular complexity index is 536. The molecule has 3 heteroatoms. The molecule has 4 unspecified atom stereocenters. The third-order valence-electron chi connectivity index (χ3n) is 5.60. The lowest BCUT2D eigenvalue weighted by atomic mass is 9.92. The van der Waals surface area contributed by atoms with E-state index in [9.17, 15) is 4.79 Å². The Morgan fingerprint density at radius 3 is 3.05 bits per heavy atom. The normalized spacial score (nSPS) is 33.7. The van der Waals surface area contributed by atoms with Gasteiger partial charge in [-0.3, -0.25) is 4.79 Å². The Morgan fingerprint density at radius 1 is 1.29 bits per heavy atom. The van der Waals surface area contributed by atoms with Gasteiger partial charge in [0, 0.05) is 12.5 Å². The van der Waals surface area contributed by atoms with Gasteiger partial charge in [0.25, 0.3) is 0 Å². The minimum Gasteiger partial charge on any atom is -0.356 e. The van der Waals surface area contributed by atoms with E-state index in [4.69, 9.17) is 0 Å². The van der Waals surface area contributed by atoms with Crippen LogP contribution in [-0.4, -0.2) is 25.5 Å². The molecule has 1 aromatic rings. The second kappa shape index (κ2) is 5.45. The van der Waals surface area contributed by atoms with Crippen LogP contribution in [0.1, 0.15) is 36.3 Å². The van der Waals surface area contributed by atoms with Gasteiger partial charge in [-0.2, -0.15) is 0 Å². The number of rotatable bonds is 3. The van der Waals surface area contributed by atoms with E-state index in [0.29, 0.717) is 23.7 Å². The summed E-state index contributed by atoms with van der Waals surface area (Å²) in [5.74, 6) is 2.26. The van der Waals surface area contributed by atoms with Crippen LogP contribution >= 0.6 is 0 Å². The minimum atomic E-state index is 0.241. The number of amides is 1. The number of carbonyl (C=O) groups excluding carboxylic acids is 1. The molecule has 2 aliphatic carbocycles. The monoisotopic (exact) mass is 284 g/mol. The number of nitrogens with one attached hydrogen (secondary N) is 2. The first-order valence-electron chi connectivity index (χ1n) is 8.41. The van der Waals surface area contributed by atoms with E-state index in [1.807, 2.05) is 0 Å². The third kappa shape index (κ3) is 2.48. The number of hydrogen-bond donors (Lipinski definition) is 2. The van der Waals surface area contributed by atoms with Crippen LogP contribution in [0.5, 0.6) is 0 Å². The Balaban J connectivity index is 1.37. The molecule has 2 fully saturated rings. The molecule has 2 N–H and O–H groups in total. The van der Waals surface area contributed by atoms with E-state index in [1.54, 1.807) is 0 Å². The van der Waals surface area contributed by atoms with Gasteiger partial charge in [0.05, 0.1) is 0 Å². The minimum absolute atomic E-state index is 0.241. The molecule has 0 radical (unpaired) electrons. The van der Waals surface area contributed by atoms with Crippen LogP contribution < -0.4 is 10.6 Å². The second-order valence-corrected chi connectivity index (χ2v) is 6.91. The van der Waals surface area contributed by atoms with Crippen molar-refractivity contribution in [3.63, 3.8) is 0 Å². The van der Waals surface area contributed by atoms with Crippen LogP contribution in [-0.2, 0) is 11.2 Å². The van der Waals surface area contributed by atoms with E-state index < -0.39 is 0 Å². The summed E-state index contributed by atoms with van der Waals surface area (Å²) in [5, 5.41) is 6.64. The molecule has 3 nitrogen and oxygen atoms in total. The topological polar surface area (TPSA) is 41.1 Å². The maximum absolute atomic E-state index is 12.5. The van der Waals surface area contributed by atoms with Gasteiger partial charge >= 0.3 is 0 Å². The molecule has 0 aromatic heterocycles. The number of hydrogen-bond acceptors (Lipinski definition) is 2. The first kappa shape index (κ1) is 13.3. The first-order valence-corrected chi connectivity index (χ1v) is 8.41. The Labute approximate surface area is 126 Å². The van der Waals surface area contributed by atoms with Gasteiger partial charge in [-0.05, 0) is 67.7 Å². The first-order chi connectivity index (χ1) is 10.3. The highest BCUT2D eigenvalue weighted by Gasteiger charge is 2.56. The summed E-state index contributed by atoms with van der Waals surface area (Å²) in [6.45, 7) is 3.04. The van der Waals surface area contributed by atoms with Crippen molar-refractivity contribution in [2.45, 2.75) is 31.6 Å². The van der Waals surface area contributed by atoms with Crippen molar-refractivity contribution >= 4 is 5.91 Å². The van der Waals surface area contributed by atoms with Crippen LogP contribution in [0.4, 0.5) is 0 Å². The zero-order valence-electron chi connectivity index (χ0n) is 12.5. The fourth-order valence-corrected chi connectivity index (χ4v) is 4.38. The fraction of sp³-hybridized carbons (Fsp3) is 0.611. The van der Waals surface area contributed by atoms with Crippen molar-refractivity contribution in [2.75, 3.05) is 19.6 Å². The summed E-state index contributed by atoms with van der Waals surface area (Å²) in [4.78, 5) is 12.5. The highest BCUT2D eigenvalue weighted by atomic mass is 16.2. The summed E-state index contributed by atoms with van der Waals surface area (Å²) in [6, 6.07) is 8.69. The van der Waals surface area contributed by atoms with Crippen LogP contribution in [0, 0.1) is 17.8 Å². The summed E-state index contributed by atoms with van der Waals surface area (Å²) in [6.07, 6.45) is 4.81. The number of aryl methyl sites for hydroxylation is 1. The molecule has 1 saturated heterocycles.